The fourth-order valence-corrected chi connectivity index (χ4v) is 5.11. The zero-order valence-electron chi connectivity index (χ0n) is 17.7. The lowest BCUT2D eigenvalue weighted by Crippen LogP contribution is -2.32. The van der Waals surface area contributed by atoms with Crippen molar-refractivity contribution >= 4 is 56.9 Å². The van der Waals surface area contributed by atoms with E-state index in [0.29, 0.717) is 21.2 Å². The molecule has 1 heterocycles. The summed E-state index contributed by atoms with van der Waals surface area (Å²) < 4.78 is 33.5. The molecule has 3 aromatic rings. The summed E-state index contributed by atoms with van der Waals surface area (Å²) in [6.07, 6.45) is 3.02. The third kappa shape index (κ3) is 4.92. The highest BCUT2D eigenvalue weighted by molar-refractivity contribution is 7.92. The lowest BCUT2D eigenvalue weighted by molar-refractivity contribution is -0.129. The van der Waals surface area contributed by atoms with Crippen LogP contribution in [0.4, 0.5) is 5.69 Å². The molecular weight excluding hydrogens is 495 g/mol. The van der Waals surface area contributed by atoms with Crippen molar-refractivity contribution in [3.8, 4) is 0 Å². The van der Waals surface area contributed by atoms with Gasteiger partial charge < -0.3 is 4.74 Å². The van der Waals surface area contributed by atoms with Crippen LogP contribution in [0.25, 0.3) is 6.08 Å². The van der Waals surface area contributed by atoms with E-state index in [-0.39, 0.29) is 28.7 Å². The van der Waals surface area contributed by atoms with Crippen molar-refractivity contribution in [2.45, 2.75) is 4.90 Å². The van der Waals surface area contributed by atoms with Gasteiger partial charge in [0.2, 0.25) is 5.90 Å². The molecule has 172 valence electrons. The number of anilines is 1. The number of hydrogen-bond acceptors (Lipinski definition) is 5. The Hall–Kier alpha value is -3.39. The molecule has 0 aliphatic carbocycles. The molecule has 3 aromatic carbocycles. The first-order valence-electron chi connectivity index (χ1n) is 10.1. The number of aliphatic imine (C=N–C) groups is 1. The van der Waals surface area contributed by atoms with Crippen LogP contribution in [0.2, 0.25) is 10.0 Å². The maximum absolute atomic E-state index is 13.5. The molecule has 0 saturated heterocycles. The third-order valence-electron chi connectivity index (χ3n) is 4.87. The van der Waals surface area contributed by atoms with Crippen LogP contribution < -0.4 is 4.31 Å². The Morgan fingerprint density at radius 1 is 0.971 bits per heavy atom. The highest BCUT2D eigenvalue weighted by atomic mass is 35.5. The van der Waals surface area contributed by atoms with Crippen molar-refractivity contribution in [3.05, 3.63) is 112 Å². The molecule has 0 unspecified atom stereocenters. The second kappa shape index (κ2) is 9.85. The number of hydrogen-bond donors (Lipinski definition) is 0. The highest BCUT2D eigenvalue weighted by Crippen LogP contribution is 2.31. The number of nitrogens with zero attached hydrogens (tertiary/aromatic N) is 2. The molecule has 0 saturated carbocycles. The van der Waals surface area contributed by atoms with E-state index in [1.165, 1.54) is 34.6 Å². The number of benzene rings is 3. The van der Waals surface area contributed by atoms with Gasteiger partial charge in [-0.1, -0.05) is 53.5 Å². The van der Waals surface area contributed by atoms with Gasteiger partial charge in [0, 0.05) is 10.0 Å². The number of esters is 1. The average molecular weight is 513 g/mol. The van der Waals surface area contributed by atoms with E-state index in [4.69, 9.17) is 27.9 Å². The zero-order chi connectivity index (χ0) is 24.3. The van der Waals surface area contributed by atoms with Crippen LogP contribution in [0.5, 0.6) is 0 Å². The molecule has 0 aromatic heterocycles. The van der Waals surface area contributed by atoms with Gasteiger partial charge in [0.15, 0.2) is 5.70 Å². The van der Waals surface area contributed by atoms with Crippen LogP contribution in [-0.2, 0) is 19.6 Å². The summed E-state index contributed by atoms with van der Waals surface area (Å²) in [6, 6.07) is 19.4. The second-order valence-electron chi connectivity index (χ2n) is 7.19. The lowest BCUT2D eigenvalue weighted by Gasteiger charge is -2.25. The summed E-state index contributed by atoms with van der Waals surface area (Å²) in [5, 5.41) is 0.934. The van der Waals surface area contributed by atoms with E-state index >= 15 is 0 Å². The SMILES string of the molecule is C=CCN(c1ccccc1C1=NC(=Cc2cccc(Cl)c2)C(=O)O1)S(=O)(=O)c1ccc(Cl)cc1. The van der Waals surface area contributed by atoms with Gasteiger partial charge in [-0.15, -0.1) is 6.58 Å². The number of ether oxygens (including phenoxy) is 1. The van der Waals surface area contributed by atoms with Crippen LogP contribution in [0, 0.1) is 0 Å². The molecular formula is C25H18Cl2N2O4S. The number of para-hydroxylation sites is 1. The first-order chi connectivity index (χ1) is 16.3. The summed E-state index contributed by atoms with van der Waals surface area (Å²) in [4.78, 5) is 16.9. The number of sulfonamides is 1. The molecule has 34 heavy (non-hydrogen) atoms. The topological polar surface area (TPSA) is 76.0 Å². The maximum atomic E-state index is 13.5. The molecule has 6 nitrogen and oxygen atoms in total. The van der Waals surface area contributed by atoms with Gasteiger partial charge in [0.1, 0.15) is 0 Å². The van der Waals surface area contributed by atoms with Crippen LogP contribution in [0.15, 0.2) is 101 Å². The normalized spacial score (nSPS) is 14.6. The molecule has 1 aliphatic heterocycles. The van der Waals surface area contributed by atoms with Crippen molar-refractivity contribution in [2.24, 2.45) is 4.99 Å². The fourth-order valence-electron chi connectivity index (χ4n) is 3.33. The molecule has 0 radical (unpaired) electrons. The van der Waals surface area contributed by atoms with E-state index in [1.807, 2.05) is 0 Å². The van der Waals surface area contributed by atoms with E-state index in [0.717, 1.165) is 0 Å². The van der Waals surface area contributed by atoms with E-state index in [1.54, 1.807) is 54.6 Å². The summed E-state index contributed by atoms with van der Waals surface area (Å²) in [7, 11) is -3.99. The summed E-state index contributed by atoms with van der Waals surface area (Å²) in [5.41, 5.74) is 1.37. The van der Waals surface area contributed by atoms with Gasteiger partial charge in [-0.05, 0) is 60.2 Å². The fraction of sp³-hybridized carbons (Fsp3) is 0.0400. The van der Waals surface area contributed by atoms with E-state index < -0.39 is 16.0 Å². The standard InChI is InChI=1S/C25H18Cl2N2O4S/c1-2-14-29(34(31,32)20-12-10-18(26)11-13-20)23-9-4-3-8-21(23)24-28-22(25(30)33-24)16-17-6-5-7-19(27)15-17/h2-13,15-16H,1,14H2. The number of rotatable bonds is 7. The lowest BCUT2D eigenvalue weighted by atomic mass is 10.1. The number of carbonyl (C=O) groups is 1. The number of carbonyl (C=O) groups excluding carboxylic acids is 1. The van der Waals surface area contributed by atoms with Crippen LogP contribution >= 0.6 is 23.2 Å². The number of cyclic esters (lactones) is 1. The molecule has 0 fully saturated rings. The van der Waals surface area contributed by atoms with Gasteiger partial charge in [-0.25, -0.2) is 18.2 Å². The van der Waals surface area contributed by atoms with Gasteiger partial charge in [-0.2, -0.15) is 0 Å². The van der Waals surface area contributed by atoms with Crippen molar-refractivity contribution in [2.75, 3.05) is 10.8 Å². The molecule has 1 aliphatic rings. The Bertz CT molecular complexity index is 1430. The Morgan fingerprint density at radius 2 is 1.71 bits per heavy atom. The summed E-state index contributed by atoms with van der Waals surface area (Å²) in [6.45, 7) is 3.67. The van der Waals surface area contributed by atoms with Gasteiger partial charge in [0.05, 0.1) is 22.7 Å². The van der Waals surface area contributed by atoms with Gasteiger partial charge >= 0.3 is 5.97 Å². The molecule has 0 spiro atoms. The largest absolute Gasteiger partial charge is 0.402 e. The van der Waals surface area contributed by atoms with Crippen LogP contribution in [0.3, 0.4) is 0 Å². The Kier molecular flexibility index (Phi) is 6.88. The predicted molar refractivity (Wildman–Crippen MR) is 135 cm³/mol. The maximum Gasteiger partial charge on any atom is 0.363 e. The minimum Gasteiger partial charge on any atom is -0.402 e. The smallest absolute Gasteiger partial charge is 0.363 e. The Morgan fingerprint density at radius 3 is 2.41 bits per heavy atom. The van der Waals surface area contributed by atoms with E-state index in [2.05, 4.69) is 11.6 Å². The van der Waals surface area contributed by atoms with Gasteiger partial charge in [0.25, 0.3) is 10.0 Å². The molecule has 0 N–H and O–H groups in total. The van der Waals surface area contributed by atoms with Crippen molar-refractivity contribution in [1.82, 2.24) is 0 Å². The van der Waals surface area contributed by atoms with Crippen molar-refractivity contribution in [1.29, 1.82) is 0 Å². The predicted octanol–water partition coefficient (Wildman–Crippen LogP) is 5.72. The minimum atomic E-state index is -3.99. The van der Waals surface area contributed by atoms with Crippen molar-refractivity contribution in [3.63, 3.8) is 0 Å². The average Bonchev–Trinajstić information content (AvgIpc) is 3.17. The number of halogens is 2. The van der Waals surface area contributed by atoms with E-state index in [9.17, 15) is 13.2 Å². The quantitative estimate of drug-likeness (QED) is 0.230. The Labute approximate surface area is 207 Å². The summed E-state index contributed by atoms with van der Waals surface area (Å²) in [5.74, 6) is -0.658. The monoisotopic (exact) mass is 512 g/mol. The molecule has 9 heteroatoms. The Balaban J connectivity index is 1.78. The molecule has 0 atom stereocenters. The van der Waals surface area contributed by atoms with Crippen LogP contribution in [-0.4, -0.2) is 26.8 Å². The highest BCUT2D eigenvalue weighted by Gasteiger charge is 2.31. The molecule has 0 bridgehead atoms. The summed E-state index contributed by atoms with van der Waals surface area (Å²) >= 11 is 11.9. The molecule has 0 amide bonds. The first-order valence-corrected chi connectivity index (χ1v) is 12.3. The third-order valence-corrected chi connectivity index (χ3v) is 7.15. The second-order valence-corrected chi connectivity index (χ2v) is 9.92. The van der Waals surface area contributed by atoms with Gasteiger partial charge in [-0.3, -0.25) is 4.31 Å². The van der Waals surface area contributed by atoms with Crippen molar-refractivity contribution < 1.29 is 17.9 Å². The van der Waals surface area contributed by atoms with Crippen LogP contribution in [0.1, 0.15) is 11.1 Å². The first kappa shape index (κ1) is 23.8. The zero-order valence-corrected chi connectivity index (χ0v) is 20.0. The minimum absolute atomic E-state index is 0.00533. The molecule has 4 rings (SSSR count).